The number of hydrogen-bond acceptors (Lipinski definition) is 4. The summed E-state index contributed by atoms with van der Waals surface area (Å²) in [6, 6.07) is 10.6. The van der Waals surface area contributed by atoms with E-state index in [4.69, 9.17) is 0 Å². The molecule has 1 aromatic heterocycles. The van der Waals surface area contributed by atoms with Gasteiger partial charge in [0.2, 0.25) is 5.95 Å². The summed E-state index contributed by atoms with van der Waals surface area (Å²) in [6.45, 7) is 10.5. The third kappa shape index (κ3) is 4.62. The van der Waals surface area contributed by atoms with E-state index >= 15 is 0 Å². The van der Waals surface area contributed by atoms with Crippen molar-refractivity contribution in [3.05, 3.63) is 52.8 Å². The third-order valence-electron chi connectivity index (χ3n) is 4.10. The molecule has 1 heterocycles. The van der Waals surface area contributed by atoms with Crippen LogP contribution in [0, 0.1) is 6.92 Å². The molecule has 0 saturated carbocycles. The second-order valence-corrected chi connectivity index (χ2v) is 5.92. The van der Waals surface area contributed by atoms with E-state index in [0.717, 1.165) is 35.5 Å². The first kappa shape index (κ1) is 17.1. The molecule has 0 fully saturated rings. The van der Waals surface area contributed by atoms with Gasteiger partial charge >= 0.3 is 0 Å². The lowest BCUT2D eigenvalue weighted by Gasteiger charge is -2.10. The van der Waals surface area contributed by atoms with E-state index in [1.807, 2.05) is 19.9 Å². The van der Waals surface area contributed by atoms with Crippen molar-refractivity contribution in [2.24, 2.45) is 5.10 Å². The zero-order valence-electron chi connectivity index (χ0n) is 14.7. The summed E-state index contributed by atoms with van der Waals surface area (Å²) in [5, 5.41) is 4.42. The number of hydrazone groups is 1. The Hall–Kier alpha value is -2.23. The Morgan fingerprint density at radius 1 is 1.17 bits per heavy atom. The lowest BCUT2D eigenvalue weighted by atomic mass is 9.97. The molecule has 0 radical (unpaired) electrons. The van der Waals surface area contributed by atoms with Gasteiger partial charge in [-0.1, -0.05) is 45.0 Å². The van der Waals surface area contributed by atoms with Gasteiger partial charge in [0.05, 0.1) is 5.71 Å². The summed E-state index contributed by atoms with van der Waals surface area (Å²) in [4.78, 5) is 8.80. The zero-order valence-corrected chi connectivity index (χ0v) is 14.7. The molecule has 2 aromatic rings. The number of aromatic nitrogens is 2. The monoisotopic (exact) mass is 310 g/mol. The second-order valence-electron chi connectivity index (χ2n) is 5.92. The van der Waals surface area contributed by atoms with E-state index in [0.29, 0.717) is 11.9 Å². The molecule has 4 nitrogen and oxygen atoms in total. The average Bonchev–Trinajstić information content (AvgIpc) is 2.58. The first-order chi connectivity index (χ1) is 11.0. The van der Waals surface area contributed by atoms with Crippen LogP contribution < -0.4 is 5.43 Å². The van der Waals surface area contributed by atoms with Crippen molar-refractivity contribution in [2.45, 2.75) is 53.4 Å². The van der Waals surface area contributed by atoms with Gasteiger partial charge < -0.3 is 0 Å². The highest BCUT2D eigenvalue weighted by Gasteiger charge is 2.04. The first-order valence-electron chi connectivity index (χ1n) is 8.28. The second kappa shape index (κ2) is 7.86. The zero-order chi connectivity index (χ0) is 16.8. The predicted octanol–water partition coefficient (Wildman–Crippen LogP) is 4.70. The summed E-state index contributed by atoms with van der Waals surface area (Å²) < 4.78 is 0. The Kier molecular flexibility index (Phi) is 5.85. The fourth-order valence-electron chi connectivity index (χ4n) is 2.35. The van der Waals surface area contributed by atoms with Crippen LogP contribution in [0.3, 0.4) is 0 Å². The molecule has 122 valence electrons. The highest BCUT2D eigenvalue weighted by atomic mass is 15.4. The Bertz CT molecular complexity index is 674. The lowest BCUT2D eigenvalue weighted by Crippen LogP contribution is -2.05. The molecule has 1 atom stereocenters. The number of benzene rings is 1. The Balaban J connectivity index is 2.12. The molecule has 0 amide bonds. The summed E-state index contributed by atoms with van der Waals surface area (Å²) in [6.07, 6.45) is 2.04. The van der Waals surface area contributed by atoms with Crippen molar-refractivity contribution >= 4 is 11.7 Å². The minimum atomic E-state index is 0.553. The molecular weight excluding hydrogens is 284 g/mol. The lowest BCUT2D eigenvalue weighted by molar-refractivity contribution is 0.733. The average molecular weight is 310 g/mol. The fraction of sp³-hybridized carbons (Fsp3) is 0.421. The maximum absolute atomic E-state index is 4.44. The predicted molar refractivity (Wildman–Crippen MR) is 97.1 cm³/mol. The minimum Gasteiger partial charge on any atom is -0.245 e. The molecule has 23 heavy (non-hydrogen) atoms. The van der Waals surface area contributed by atoms with Gasteiger partial charge in [0, 0.05) is 11.4 Å². The van der Waals surface area contributed by atoms with Crippen molar-refractivity contribution in [3.63, 3.8) is 0 Å². The van der Waals surface area contributed by atoms with Crippen LogP contribution in [-0.4, -0.2) is 15.7 Å². The van der Waals surface area contributed by atoms with Gasteiger partial charge in [-0.3, -0.25) is 0 Å². The number of anilines is 1. The van der Waals surface area contributed by atoms with E-state index in [1.165, 1.54) is 5.56 Å². The number of nitrogens with zero attached hydrogens (tertiary/aromatic N) is 3. The van der Waals surface area contributed by atoms with Gasteiger partial charge in [0.25, 0.3) is 0 Å². The smallest absolute Gasteiger partial charge is 0.243 e. The molecule has 2 rings (SSSR count). The van der Waals surface area contributed by atoms with Gasteiger partial charge in [-0.15, -0.1) is 0 Å². The van der Waals surface area contributed by atoms with Crippen LogP contribution in [0.2, 0.25) is 0 Å². The van der Waals surface area contributed by atoms with Crippen LogP contribution in [0.1, 0.15) is 62.5 Å². The van der Waals surface area contributed by atoms with Gasteiger partial charge in [-0.05, 0) is 49.8 Å². The third-order valence-corrected chi connectivity index (χ3v) is 4.10. The summed E-state index contributed by atoms with van der Waals surface area (Å²) in [7, 11) is 0. The van der Waals surface area contributed by atoms with Crippen molar-refractivity contribution in [1.82, 2.24) is 9.97 Å². The highest BCUT2D eigenvalue weighted by molar-refractivity contribution is 5.99. The topological polar surface area (TPSA) is 50.2 Å². The van der Waals surface area contributed by atoms with Crippen LogP contribution in [0.5, 0.6) is 0 Å². The number of nitrogens with one attached hydrogen (secondary N) is 1. The van der Waals surface area contributed by atoms with E-state index in [9.17, 15) is 0 Å². The van der Waals surface area contributed by atoms with Crippen LogP contribution >= 0.6 is 0 Å². The van der Waals surface area contributed by atoms with E-state index < -0.39 is 0 Å². The van der Waals surface area contributed by atoms with Crippen molar-refractivity contribution in [1.29, 1.82) is 0 Å². The number of aryl methyl sites for hydroxylation is 2. The van der Waals surface area contributed by atoms with Crippen LogP contribution in [0.25, 0.3) is 0 Å². The van der Waals surface area contributed by atoms with Gasteiger partial charge in [-0.2, -0.15) is 5.10 Å². The maximum atomic E-state index is 4.44. The van der Waals surface area contributed by atoms with Crippen LogP contribution in [0.4, 0.5) is 5.95 Å². The summed E-state index contributed by atoms with van der Waals surface area (Å²) >= 11 is 0. The fourth-order valence-corrected chi connectivity index (χ4v) is 2.35. The SMILES string of the molecule is CCc1cc(C)nc(NN=C(C)c2ccc(C(C)CC)cc2)n1. The Morgan fingerprint density at radius 2 is 1.87 bits per heavy atom. The van der Waals surface area contributed by atoms with Crippen molar-refractivity contribution in [3.8, 4) is 0 Å². The van der Waals surface area contributed by atoms with E-state index in [1.54, 1.807) is 0 Å². The number of hydrogen-bond donors (Lipinski definition) is 1. The van der Waals surface area contributed by atoms with E-state index in [-0.39, 0.29) is 0 Å². The Morgan fingerprint density at radius 3 is 2.48 bits per heavy atom. The quantitative estimate of drug-likeness (QED) is 0.621. The molecule has 0 bridgehead atoms. The van der Waals surface area contributed by atoms with Gasteiger partial charge in [0.1, 0.15) is 0 Å². The van der Waals surface area contributed by atoms with Crippen molar-refractivity contribution in [2.75, 3.05) is 5.43 Å². The molecule has 0 spiro atoms. The molecule has 0 aliphatic carbocycles. The van der Waals surface area contributed by atoms with Gasteiger partial charge in [-0.25, -0.2) is 15.4 Å². The van der Waals surface area contributed by atoms with Crippen LogP contribution in [-0.2, 0) is 6.42 Å². The molecule has 1 aromatic carbocycles. The summed E-state index contributed by atoms with van der Waals surface area (Å²) in [5.74, 6) is 1.14. The molecule has 0 aliphatic heterocycles. The van der Waals surface area contributed by atoms with Crippen molar-refractivity contribution < 1.29 is 0 Å². The largest absolute Gasteiger partial charge is 0.245 e. The molecule has 1 unspecified atom stereocenters. The molecule has 1 N–H and O–H groups in total. The summed E-state index contributed by atoms with van der Waals surface area (Å²) in [5.41, 5.74) is 8.33. The molecule has 0 aliphatic rings. The van der Waals surface area contributed by atoms with Crippen LogP contribution in [0.15, 0.2) is 35.4 Å². The first-order valence-corrected chi connectivity index (χ1v) is 8.28. The maximum Gasteiger partial charge on any atom is 0.243 e. The normalized spacial score (nSPS) is 13.0. The van der Waals surface area contributed by atoms with E-state index in [2.05, 4.69) is 65.5 Å². The number of rotatable bonds is 6. The Labute approximate surface area is 139 Å². The molecule has 0 saturated heterocycles. The van der Waals surface area contributed by atoms with Gasteiger partial charge in [0.15, 0.2) is 0 Å². The highest BCUT2D eigenvalue weighted by Crippen LogP contribution is 2.19. The standard InChI is InChI=1S/C19H26N4/c1-6-13(3)16-8-10-17(11-9-16)15(5)22-23-19-20-14(4)12-18(7-2)21-19/h8-13H,6-7H2,1-5H3,(H,20,21,23). The molecular formula is C19H26N4. The molecule has 4 heteroatoms. The minimum absolute atomic E-state index is 0.553.